The summed E-state index contributed by atoms with van der Waals surface area (Å²) in [7, 11) is 0. The third-order valence-corrected chi connectivity index (χ3v) is 3.92. The van der Waals surface area contributed by atoms with Gasteiger partial charge in [-0.2, -0.15) is 5.10 Å². The summed E-state index contributed by atoms with van der Waals surface area (Å²) in [6.07, 6.45) is 5.15. The van der Waals surface area contributed by atoms with Gasteiger partial charge in [0.05, 0.1) is 5.69 Å². The van der Waals surface area contributed by atoms with Crippen molar-refractivity contribution in [1.29, 1.82) is 0 Å². The summed E-state index contributed by atoms with van der Waals surface area (Å²) in [6, 6.07) is 7.26. The minimum Gasteiger partial charge on any atom is -0.273 e. The van der Waals surface area contributed by atoms with Crippen LogP contribution in [0.4, 0.5) is 5.69 Å². The van der Waals surface area contributed by atoms with E-state index in [9.17, 15) is 4.79 Å². The molecule has 1 heterocycles. The molecule has 1 fully saturated rings. The molecule has 0 bridgehead atoms. The molecule has 0 saturated heterocycles. The van der Waals surface area contributed by atoms with Gasteiger partial charge >= 0.3 is 0 Å². The number of hydrogen-bond acceptors (Lipinski definition) is 2. The van der Waals surface area contributed by atoms with Crippen molar-refractivity contribution < 1.29 is 4.79 Å². The van der Waals surface area contributed by atoms with Crippen LogP contribution >= 0.6 is 11.6 Å². The summed E-state index contributed by atoms with van der Waals surface area (Å²) in [4.78, 5) is 12.1. The van der Waals surface area contributed by atoms with E-state index in [1.165, 1.54) is 23.6 Å². The van der Waals surface area contributed by atoms with Crippen LogP contribution in [0, 0.1) is 5.92 Å². The normalized spacial score (nSPS) is 23.6. The fourth-order valence-electron chi connectivity index (χ4n) is 2.68. The van der Waals surface area contributed by atoms with Gasteiger partial charge in [-0.1, -0.05) is 18.0 Å². The van der Waals surface area contributed by atoms with Crippen molar-refractivity contribution in [2.24, 2.45) is 11.0 Å². The number of amides is 1. The highest BCUT2D eigenvalue weighted by molar-refractivity contribution is 6.30. The van der Waals surface area contributed by atoms with Crippen molar-refractivity contribution in [3.05, 3.63) is 29.3 Å². The number of hydrogen-bond donors (Lipinski definition) is 0. The van der Waals surface area contributed by atoms with Gasteiger partial charge in [0.2, 0.25) is 5.91 Å². The third-order valence-electron chi connectivity index (χ3n) is 3.66. The van der Waals surface area contributed by atoms with E-state index in [4.69, 9.17) is 11.6 Å². The highest BCUT2D eigenvalue weighted by Gasteiger charge is 2.31. The molecule has 2 aliphatic rings. The first-order valence-electron chi connectivity index (χ1n) is 6.40. The van der Waals surface area contributed by atoms with Crippen LogP contribution in [0.3, 0.4) is 0 Å². The van der Waals surface area contributed by atoms with E-state index in [1.807, 2.05) is 12.1 Å². The van der Waals surface area contributed by atoms with Crippen molar-refractivity contribution in [2.75, 3.05) is 5.01 Å². The standard InChI is InChI=1S/C14H15ClN2O/c15-11-5-7-12(8-6-11)17-14(18)9-10-3-1-2-4-13(10)16-17/h5-8,10H,1-4,9H2. The van der Waals surface area contributed by atoms with Crippen LogP contribution in [0.1, 0.15) is 32.1 Å². The molecule has 0 N–H and O–H groups in total. The topological polar surface area (TPSA) is 32.7 Å². The lowest BCUT2D eigenvalue weighted by atomic mass is 9.84. The third kappa shape index (κ3) is 2.15. The molecule has 1 saturated carbocycles. The van der Waals surface area contributed by atoms with E-state index in [-0.39, 0.29) is 5.91 Å². The maximum Gasteiger partial charge on any atom is 0.248 e. The van der Waals surface area contributed by atoms with Crippen LogP contribution in [-0.4, -0.2) is 11.6 Å². The molecule has 18 heavy (non-hydrogen) atoms. The monoisotopic (exact) mass is 262 g/mol. The zero-order valence-corrected chi connectivity index (χ0v) is 10.9. The highest BCUT2D eigenvalue weighted by Crippen LogP contribution is 2.31. The minimum atomic E-state index is 0.0907. The van der Waals surface area contributed by atoms with Crippen molar-refractivity contribution in [1.82, 2.24) is 0 Å². The zero-order chi connectivity index (χ0) is 12.5. The molecular formula is C14H15ClN2O. The number of hydrazone groups is 1. The van der Waals surface area contributed by atoms with Gasteiger partial charge in [-0.3, -0.25) is 4.79 Å². The SMILES string of the molecule is O=C1CC2CCCCC2=NN1c1ccc(Cl)cc1. The molecule has 1 aliphatic carbocycles. The molecule has 0 spiro atoms. The van der Waals surface area contributed by atoms with E-state index in [1.54, 1.807) is 12.1 Å². The molecule has 1 aromatic rings. The molecule has 4 heteroatoms. The van der Waals surface area contributed by atoms with Crippen LogP contribution in [-0.2, 0) is 4.79 Å². The predicted octanol–water partition coefficient (Wildman–Crippen LogP) is 3.62. The molecule has 3 nitrogen and oxygen atoms in total. The number of benzene rings is 1. The summed E-state index contributed by atoms with van der Waals surface area (Å²) >= 11 is 5.86. The lowest BCUT2D eigenvalue weighted by molar-refractivity contribution is -0.119. The fraction of sp³-hybridized carbons (Fsp3) is 0.429. The summed E-state index contributed by atoms with van der Waals surface area (Å²) in [5.74, 6) is 0.475. The van der Waals surface area contributed by atoms with Gasteiger partial charge < -0.3 is 0 Å². The number of fused-ring (bicyclic) bond motifs is 1. The molecule has 94 valence electrons. The Hall–Kier alpha value is -1.35. The second-order valence-electron chi connectivity index (χ2n) is 4.92. The van der Waals surface area contributed by atoms with Gasteiger partial charge in [0, 0.05) is 23.1 Å². The van der Waals surface area contributed by atoms with E-state index >= 15 is 0 Å². The second-order valence-corrected chi connectivity index (χ2v) is 5.36. The van der Waals surface area contributed by atoms with Crippen molar-refractivity contribution in [3.63, 3.8) is 0 Å². The molecule has 1 amide bonds. The first-order valence-corrected chi connectivity index (χ1v) is 6.78. The van der Waals surface area contributed by atoms with E-state index in [0.717, 1.165) is 18.5 Å². The van der Waals surface area contributed by atoms with Gasteiger partial charge in [-0.05, 0) is 43.5 Å². The first kappa shape index (κ1) is 11.7. The average Bonchev–Trinajstić information content (AvgIpc) is 2.39. The average molecular weight is 263 g/mol. The first-order chi connectivity index (χ1) is 8.74. The van der Waals surface area contributed by atoms with Crippen LogP contribution in [0.15, 0.2) is 29.4 Å². The largest absolute Gasteiger partial charge is 0.273 e. The Morgan fingerprint density at radius 3 is 2.78 bits per heavy atom. The number of carbonyl (C=O) groups is 1. The van der Waals surface area contributed by atoms with Crippen LogP contribution < -0.4 is 5.01 Å². The maximum absolute atomic E-state index is 12.1. The van der Waals surface area contributed by atoms with E-state index in [0.29, 0.717) is 17.4 Å². The Kier molecular flexibility index (Phi) is 3.08. The Morgan fingerprint density at radius 1 is 1.22 bits per heavy atom. The van der Waals surface area contributed by atoms with Crippen molar-refractivity contribution in [3.8, 4) is 0 Å². The Labute approximate surface area is 111 Å². The lowest BCUT2D eigenvalue weighted by Gasteiger charge is -2.32. The molecule has 1 atom stereocenters. The molecule has 0 aromatic heterocycles. The number of anilines is 1. The number of rotatable bonds is 1. The fourth-order valence-corrected chi connectivity index (χ4v) is 2.81. The van der Waals surface area contributed by atoms with Crippen LogP contribution in [0.5, 0.6) is 0 Å². The van der Waals surface area contributed by atoms with Gasteiger partial charge in [-0.15, -0.1) is 0 Å². The van der Waals surface area contributed by atoms with Crippen molar-refractivity contribution in [2.45, 2.75) is 32.1 Å². The van der Waals surface area contributed by atoms with Gasteiger partial charge in [0.15, 0.2) is 0 Å². The zero-order valence-electron chi connectivity index (χ0n) is 10.1. The molecule has 3 rings (SSSR count). The number of nitrogens with zero attached hydrogens (tertiary/aromatic N) is 2. The number of carbonyl (C=O) groups excluding carboxylic acids is 1. The van der Waals surface area contributed by atoms with Gasteiger partial charge in [-0.25, -0.2) is 5.01 Å². The molecular weight excluding hydrogens is 248 g/mol. The maximum atomic E-state index is 12.1. The molecule has 1 aliphatic heterocycles. The number of halogens is 1. The predicted molar refractivity (Wildman–Crippen MR) is 72.9 cm³/mol. The quantitative estimate of drug-likeness (QED) is 0.761. The summed E-state index contributed by atoms with van der Waals surface area (Å²) in [5, 5.41) is 6.75. The van der Waals surface area contributed by atoms with E-state index in [2.05, 4.69) is 5.10 Å². The van der Waals surface area contributed by atoms with Gasteiger partial charge in [0.1, 0.15) is 0 Å². The summed E-state index contributed by atoms with van der Waals surface area (Å²) in [6.45, 7) is 0. The molecule has 1 aromatic carbocycles. The molecule has 1 unspecified atom stereocenters. The highest BCUT2D eigenvalue weighted by atomic mass is 35.5. The Morgan fingerprint density at radius 2 is 2.00 bits per heavy atom. The Bertz CT molecular complexity index is 495. The van der Waals surface area contributed by atoms with Crippen molar-refractivity contribution >= 4 is 28.9 Å². The minimum absolute atomic E-state index is 0.0907. The van der Waals surface area contributed by atoms with Crippen LogP contribution in [0.2, 0.25) is 5.02 Å². The second kappa shape index (κ2) is 4.73. The summed E-state index contributed by atoms with van der Waals surface area (Å²) < 4.78 is 0. The molecule has 0 radical (unpaired) electrons. The van der Waals surface area contributed by atoms with E-state index < -0.39 is 0 Å². The smallest absolute Gasteiger partial charge is 0.248 e. The van der Waals surface area contributed by atoms with Crippen LogP contribution in [0.25, 0.3) is 0 Å². The lowest BCUT2D eigenvalue weighted by Crippen LogP contribution is -2.38. The van der Waals surface area contributed by atoms with Gasteiger partial charge in [0.25, 0.3) is 0 Å². The summed E-state index contributed by atoms with van der Waals surface area (Å²) in [5.41, 5.74) is 2.00. The Balaban J connectivity index is 1.91.